The van der Waals surface area contributed by atoms with E-state index in [2.05, 4.69) is 12.1 Å². The lowest BCUT2D eigenvalue weighted by molar-refractivity contribution is -0.122. The molecular weight excluding hydrogens is 454 g/mol. The molecule has 0 aromatic heterocycles. The van der Waals surface area contributed by atoms with Crippen molar-refractivity contribution in [1.29, 1.82) is 0 Å². The summed E-state index contributed by atoms with van der Waals surface area (Å²) < 4.78 is 5.36. The Labute approximate surface area is 209 Å². The summed E-state index contributed by atoms with van der Waals surface area (Å²) in [7, 11) is 0. The lowest BCUT2D eigenvalue weighted by atomic mass is 9.73. The molecule has 36 heavy (non-hydrogen) atoms. The highest BCUT2D eigenvalue weighted by Crippen LogP contribution is 2.45. The van der Waals surface area contributed by atoms with Crippen molar-refractivity contribution in [1.82, 2.24) is 0 Å². The minimum atomic E-state index is -0.943. The molecule has 1 aliphatic carbocycles. The average Bonchev–Trinajstić information content (AvgIpc) is 3.18. The van der Waals surface area contributed by atoms with E-state index in [1.54, 1.807) is 42.5 Å². The van der Waals surface area contributed by atoms with Crippen molar-refractivity contribution in [3.8, 4) is 0 Å². The minimum absolute atomic E-state index is 0.172. The van der Waals surface area contributed by atoms with Crippen molar-refractivity contribution in [2.75, 3.05) is 4.90 Å². The monoisotopic (exact) mass is 481 g/mol. The fourth-order valence-corrected chi connectivity index (χ4v) is 5.33. The van der Waals surface area contributed by atoms with Crippen molar-refractivity contribution in [3.05, 3.63) is 102 Å². The van der Waals surface area contributed by atoms with E-state index < -0.39 is 12.1 Å². The molecule has 2 aliphatic rings. The van der Waals surface area contributed by atoms with Gasteiger partial charge in [-0.15, -0.1) is 0 Å². The third-order valence-electron chi connectivity index (χ3n) is 7.27. The second-order valence-electron chi connectivity index (χ2n) is 9.47. The van der Waals surface area contributed by atoms with Gasteiger partial charge in [-0.25, -0.2) is 4.79 Å². The smallest absolute Gasteiger partial charge is 0.338 e. The Morgan fingerprint density at radius 3 is 2.06 bits per heavy atom. The first-order valence-corrected chi connectivity index (χ1v) is 12.3. The van der Waals surface area contributed by atoms with Crippen LogP contribution in [0.25, 0.3) is 0 Å². The lowest BCUT2D eigenvalue weighted by Gasteiger charge is -2.28. The number of benzene rings is 3. The van der Waals surface area contributed by atoms with E-state index in [4.69, 9.17) is 4.74 Å². The molecule has 2 amide bonds. The van der Waals surface area contributed by atoms with Crippen molar-refractivity contribution in [2.45, 2.75) is 38.2 Å². The number of ketones is 1. The summed E-state index contributed by atoms with van der Waals surface area (Å²) in [4.78, 5) is 52.8. The molecule has 1 saturated heterocycles. The van der Waals surface area contributed by atoms with Crippen LogP contribution in [0.3, 0.4) is 0 Å². The van der Waals surface area contributed by atoms with Gasteiger partial charge in [0.05, 0.1) is 23.1 Å². The number of carbonyl (C=O) groups excluding carboxylic acids is 4. The van der Waals surface area contributed by atoms with Crippen LogP contribution in [-0.4, -0.2) is 29.7 Å². The fourth-order valence-electron chi connectivity index (χ4n) is 5.33. The number of fused-ring (bicyclic) bond motifs is 1. The molecule has 0 unspecified atom stereocenters. The van der Waals surface area contributed by atoms with E-state index in [0.717, 1.165) is 6.42 Å². The van der Waals surface area contributed by atoms with Gasteiger partial charge < -0.3 is 4.74 Å². The van der Waals surface area contributed by atoms with Gasteiger partial charge in [0.1, 0.15) is 0 Å². The summed E-state index contributed by atoms with van der Waals surface area (Å²) in [6.45, 7) is 1.54. The van der Waals surface area contributed by atoms with Gasteiger partial charge in [0.25, 0.3) is 0 Å². The molecular formula is C30H27NO5. The summed E-state index contributed by atoms with van der Waals surface area (Å²) in [6, 6.07) is 25.0. The predicted molar refractivity (Wildman–Crippen MR) is 135 cm³/mol. The first-order valence-electron chi connectivity index (χ1n) is 12.3. The van der Waals surface area contributed by atoms with Crippen LogP contribution in [0.1, 0.15) is 58.4 Å². The number of nitrogens with zero attached hydrogens (tertiary/aromatic N) is 1. The number of imide groups is 1. The van der Waals surface area contributed by atoms with Crippen molar-refractivity contribution >= 4 is 29.3 Å². The van der Waals surface area contributed by atoms with Gasteiger partial charge in [0.15, 0.2) is 6.10 Å². The van der Waals surface area contributed by atoms with E-state index >= 15 is 0 Å². The van der Waals surface area contributed by atoms with Crippen LogP contribution >= 0.6 is 0 Å². The largest absolute Gasteiger partial charge is 0.451 e. The van der Waals surface area contributed by atoms with Crippen LogP contribution in [0.15, 0.2) is 84.9 Å². The topological polar surface area (TPSA) is 80.8 Å². The molecule has 1 saturated carbocycles. The third-order valence-corrected chi connectivity index (χ3v) is 7.27. The second kappa shape index (κ2) is 9.90. The molecule has 1 heterocycles. The van der Waals surface area contributed by atoms with Crippen molar-refractivity contribution in [3.63, 3.8) is 0 Å². The highest BCUT2D eigenvalue weighted by Gasteiger charge is 2.50. The number of hydrogen-bond donors (Lipinski definition) is 0. The van der Waals surface area contributed by atoms with Crippen LogP contribution in [0.5, 0.6) is 0 Å². The maximum Gasteiger partial charge on any atom is 0.338 e. The van der Waals surface area contributed by atoms with Crippen LogP contribution < -0.4 is 4.90 Å². The standard InChI is InChI=1S/C30H27NO5/c1-19(27(32)21-10-6-3-7-11-21)36-30(35)22-12-15-24(16-13-22)31-28(33)25-17-14-23(18-26(25)29(31)34)20-8-4-2-5-9-20/h2-13,15-16,19,23,25-26H,14,17-18H2,1H3/t19-,23-,25+,26+/m0/s1. The number of amides is 2. The first-order chi connectivity index (χ1) is 17.4. The van der Waals surface area contributed by atoms with E-state index in [1.807, 2.05) is 18.2 Å². The number of esters is 1. The SMILES string of the molecule is C[C@H](OC(=O)c1ccc(N2C(=O)[C@@H]3CC[C@H](c4ccccc4)C[C@H]3C2=O)cc1)C(=O)c1ccccc1. The van der Waals surface area contributed by atoms with Gasteiger partial charge in [0.2, 0.25) is 17.6 Å². The summed E-state index contributed by atoms with van der Waals surface area (Å²) in [5.74, 6) is -1.64. The molecule has 0 spiro atoms. The summed E-state index contributed by atoms with van der Waals surface area (Å²) in [5.41, 5.74) is 2.36. The Morgan fingerprint density at radius 2 is 1.39 bits per heavy atom. The van der Waals surface area contributed by atoms with E-state index in [9.17, 15) is 19.2 Å². The van der Waals surface area contributed by atoms with Gasteiger partial charge in [-0.1, -0.05) is 60.7 Å². The van der Waals surface area contributed by atoms with Gasteiger partial charge in [-0.2, -0.15) is 0 Å². The van der Waals surface area contributed by atoms with Crippen LogP contribution in [-0.2, 0) is 14.3 Å². The molecule has 182 valence electrons. The van der Waals surface area contributed by atoms with Crippen LogP contribution in [0.2, 0.25) is 0 Å². The summed E-state index contributed by atoms with van der Waals surface area (Å²) in [6.07, 6.45) is 1.28. The normalized spacial score (nSPS) is 22.1. The highest BCUT2D eigenvalue weighted by molar-refractivity contribution is 6.22. The molecule has 0 radical (unpaired) electrons. The minimum Gasteiger partial charge on any atom is -0.451 e. The highest BCUT2D eigenvalue weighted by atomic mass is 16.5. The molecule has 6 heteroatoms. The number of Topliss-reactive ketones (excluding diaryl/α,β-unsaturated/α-hetero) is 1. The Kier molecular flexibility index (Phi) is 6.51. The average molecular weight is 482 g/mol. The summed E-state index contributed by atoms with van der Waals surface area (Å²) in [5, 5.41) is 0. The van der Waals surface area contributed by atoms with E-state index in [-0.39, 0.29) is 40.9 Å². The maximum atomic E-state index is 13.3. The van der Waals surface area contributed by atoms with Crippen molar-refractivity contribution in [2.24, 2.45) is 11.8 Å². The fraction of sp³-hybridized carbons (Fsp3) is 0.267. The third kappa shape index (κ3) is 4.47. The first kappa shape index (κ1) is 23.7. The molecule has 3 aromatic carbocycles. The molecule has 0 bridgehead atoms. The number of rotatable bonds is 6. The van der Waals surface area contributed by atoms with Gasteiger partial charge in [-0.05, 0) is 61.9 Å². The quantitative estimate of drug-likeness (QED) is 0.275. The number of ether oxygens (including phenoxy) is 1. The van der Waals surface area contributed by atoms with E-state index in [1.165, 1.54) is 29.5 Å². The predicted octanol–water partition coefficient (Wildman–Crippen LogP) is 5.19. The number of hydrogen-bond acceptors (Lipinski definition) is 5. The number of carbonyl (C=O) groups is 4. The Bertz CT molecular complexity index is 1290. The molecule has 4 atom stereocenters. The zero-order valence-corrected chi connectivity index (χ0v) is 20.0. The summed E-state index contributed by atoms with van der Waals surface area (Å²) >= 11 is 0. The molecule has 3 aromatic rings. The maximum absolute atomic E-state index is 13.3. The van der Waals surface area contributed by atoms with E-state index in [0.29, 0.717) is 24.1 Å². The van der Waals surface area contributed by atoms with Crippen LogP contribution in [0, 0.1) is 11.8 Å². The van der Waals surface area contributed by atoms with Crippen LogP contribution in [0.4, 0.5) is 5.69 Å². The molecule has 0 N–H and O–H groups in total. The molecule has 5 rings (SSSR count). The van der Waals surface area contributed by atoms with Gasteiger partial charge >= 0.3 is 5.97 Å². The molecule has 1 aliphatic heterocycles. The zero-order valence-electron chi connectivity index (χ0n) is 20.0. The number of anilines is 1. The lowest BCUT2D eigenvalue weighted by Crippen LogP contribution is -2.31. The van der Waals surface area contributed by atoms with Crippen molar-refractivity contribution < 1.29 is 23.9 Å². The van der Waals surface area contributed by atoms with Gasteiger partial charge in [0, 0.05) is 5.56 Å². The zero-order chi connectivity index (χ0) is 25.2. The molecule has 2 fully saturated rings. The second-order valence-corrected chi connectivity index (χ2v) is 9.47. The van der Waals surface area contributed by atoms with Gasteiger partial charge in [-0.3, -0.25) is 19.3 Å². The Morgan fingerprint density at radius 1 is 0.778 bits per heavy atom. The molecule has 6 nitrogen and oxygen atoms in total. The Balaban J connectivity index is 1.26. The Hall–Kier alpha value is -4.06.